The number of carbonyl (C=O) groups is 1. The van der Waals surface area contributed by atoms with Crippen LogP contribution in [-0.2, 0) is 24.1 Å². The summed E-state index contributed by atoms with van der Waals surface area (Å²) in [5, 5.41) is 2.79. The summed E-state index contributed by atoms with van der Waals surface area (Å²) in [6.07, 6.45) is 0.834. The molecule has 2 saturated heterocycles. The fourth-order valence-corrected chi connectivity index (χ4v) is 6.40. The monoisotopic (exact) mass is 472 g/mol. The van der Waals surface area contributed by atoms with Crippen LogP contribution in [0.3, 0.4) is 0 Å². The number of thiophene rings is 1. The van der Waals surface area contributed by atoms with Gasteiger partial charge in [-0.3, -0.25) is 0 Å². The van der Waals surface area contributed by atoms with Gasteiger partial charge in [0, 0.05) is 23.9 Å². The molecule has 2 aliphatic heterocycles. The molecule has 0 saturated carbocycles. The number of amides is 1. The number of hydrogen-bond acceptors (Lipinski definition) is 7. The first-order chi connectivity index (χ1) is 14.1. The number of alkyl carbamates (subject to hydrolysis) is 1. The Morgan fingerprint density at radius 1 is 1.23 bits per heavy atom. The van der Waals surface area contributed by atoms with Gasteiger partial charge in [0.15, 0.2) is 0 Å². The van der Waals surface area contributed by atoms with E-state index >= 15 is 0 Å². The van der Waals surface area contributed by atoms with Gasteiger partial charge in [-0.25, -0.2) is 13.2 Å². The third-order valence-corrected chi connectivity index (χ3v) is 9.23. The third-order valence-electron chi connectivity index (χ3n) is 5.79. The minimum Gasteiger partial charge on any atom is -0.444 e. The van der Waals surface area contributed by atoms with Crippen LogP contribution < -0.4 is 10.1 Å². The van der Waals surface area contributed by atoms with E-state index in [1.807, 2.05) is 27.7 Å². The van der Waals surface area contributed by atoms with Crippen molar-refractivity contribution >= 4 is 39.3 Å². The predicted octanol–water partition coefficient (Wildman–Crippen LogP) is 2.73. The van der Waals surface area contributed by atoms with Gasteiger partial charge < -0.3 is 19.4 Å². The maximum absolute atomic E-state index is 13.2. The number of piperidine rings is 1. The zero-order valence-electron chi connectivity index (χ0n) is 19.4. The van der Waals surface area contributed by atoms with Crippen molar-refractivity contribution in [3.8, 4) is 0 Å². The molecule has 0 spiro atoms. The molecule has 2 fully saturated rings. The van der Waals surface area contributed by atoms with Crippen LogP contribution in [0.25, 0.3) is 0 Å². The Balaban J connectivity index is 1.69. The zero-order chi connectivity index (χ0) is 23.2. The zero-order valence-corrected chi connectivity index (χ0v) is 21.0. The Morgan fingerprint density at radius 3 is 2.42 bits per heavy atom. The van der Waals surface area contributed by atoms with E-state index in [-0.39, 0.29) is 16.8 Å². The second-order valence-electron chi connectivity index (χ2n) is 10.1. The first-order valence-electron chi connectivity index (χ1n) is 10.6. The molecule has 3 rings (SSSR count). The van der Waals surface area contributed by atoms with Crippen LogP contribution in [0.2, 0.25) is 0 Å². The van der Waals surface area contributed by atoms with Gasteiger partial charge in [-0.05, 0) is 67.4 Å². The number of hydrogen-bond donors (Lipinski definition) is 1. The normalized spacial score (nSPS) is 24.2. The lowest BCUT2D eigenvalue weighted by Gasteiger charge is -2.32. The van der Waals surface area contributed by atoms with Crippen molar-refractivity contribution in [2.45, 2.75) is 88.4 Å². The van der Waals surface area contributed by atoms with Gasteiger partial charge in [0.2, 0.25) is 0 Å². The molecule has 11 heteroatoms. The molecule has 0 radical (unpaired) electrons. The average molecular weight is 472 g/mol. The van der Waals surface area contributed by atoms with E-state index in [1.165, 1.54) is 4.31 Å². The summed E-state index contributed by atoms with van der Waals surface area (Å²) in [6, 6.07) is 3.06. The lowest BCUT2D eigenvalue weighted by molar-refractivity contribution is 0.00578. The van der Waals surface area contributed by atoms with Gasteiger partial charge in [0.1, 0.15) is 9.81 Å². The average Bonchev–Trinajstić information content (AvgIpc) is 3.17. The molecule has 1 atom stereocenters. The Kier molecular flexibility index (Phi) is 6.59. The van der Waals surface area contributed by atoms with Crippen LogP contribution in [-0.4, -0.2) is 61.9 Å². The summed E-state index contributed by atoms with van der Waals surface area (Å²) in [7, 11) is -4.28. The summed E-state index contributed by atoms with van der Waals surface area (Å²) in [5.74, 6) is 0. The molecule has 3 heterocycles. The van der Waals surface area contributed by atoms with Crippen molar-refractivity contribution in [3.05, 3.63) is 12.1 Å². The lowest BCUT2D eigenvalue weighted by Crippen LogP contribution is -2.50. The highest BCUT2D eigenvalue weighted by molar-refractivity contribution is 7.91. The van der Waals surface area contributed by atoms with Crippen molar-refractivity contribution < 1.29 is 27.3 Å². The van der Waals surface area contributed by atoms with Gasteiger partial charge in [-0.15, -0.1) is 11.3 Å². The van der Waals surface area contributed by atoms with E-state index in [2.05, 4.69) is 5.32 Å². The molecule has 0 bridgehead atoms. The van der Waals surface area contributed by atoms with Crippen molar-refractivity contribution in [1.29, 1.82) is 0 Å². The summed E-state index contributed by atoms with van der Waals surface area (Å²) < 4.78 is 46.3. The van der Waals surface area contributed by atoms with Gasteiger partial charge in [-0.1, -0.05) is 6.07 Å². The Bertz CT molecular complexity index is 906. The van der Waals surface area contributed by atoms with Crippen LogP contribution in [0.1, 0.15) is 61.3 Å². The SMILES string of the molecule is CC(C)(C)OC(=O)N[C@@H]1CCCN(S(=O)(=O)c2ccc(B3OC(C)(C)C(C)(C)O3)s2)C1. The van der Waals surface area contributed by atoms with Gasteiger partial charge in [-0.2, -0.15) is 4.31 Å². The van der Waals surface area contributed by atoms with Crippen molar-refractivity contribution in [1.82, 2.24) is 9.62 Å². The Hall–Kier alpha value is -1.14. The molecule has 1 aromatic rings. The van der Waals surface area contributed by atoms with Crippen molar-refractivity contribution in [2.75, 3.05) is 13.1 Å². The molecule has 1 amide bonds. The molecule has 31 heavy (non-hydrogen) atoms. The number of carbonyl (C=O) groups excluding carboxylic acids is 1. The number of rotatable bonds is 4. The van der Waals surface area contributed by atoms with Crippen molar-refractivity contribution in [3.63, 3.8) is 0 Å². The molecule has 1 aromatic heterocycles. The Morgan fingerprint density at radius 2 is 1.84 bits per heavy atom. The molecule has 2 aliphatic rings. The van der Waals surface area contributed by atoms with Gasteiger partial charge >= 0.3 is 13.2 Å². The quantitative estimate of drug-likeness (QED) is 0.678. The minimum absolute atomic E-state index is 0.214. The molecule has 1 N–H and O–H groups in total. The van der Waals surface area contributed by atoms with E-state index in [4.69, 9.17) is 14.0 Å². The number of nitrogens with one attached hydrogen (secondary N) is 1. The summed E-state index contributed by atoms with van der Waals surface area (Å²) in [5.41, 5.74) is -1.59. The topological polar surface area (TPSA) is 94.2 Å². The highest BCUT2D eigenvalue weighted by Gasteiger charge is 2.52. The molecule has 0 unspecified atom stereocenters. The number of sulfonamides is 1. The second kappa shape index (κ2) is 8.33. The minimum atomic E-state index is -3.68. The van der Waals surface area contributed by atoms with E-state index in [0.29, 0.717) is 19.4 Å². The van der Waals surface area contributed by atoms with Gasteiger partial charge in [0.05, 0.1) is 11.2 Å². The van der Waals surface area contributed by atoms with Crippen LogP contribution in [0.15, 0.2) is 16.3 Å². The molecular formula is C20H33BN2O6S2. The molecule has 8 nitrogen and oxygen atoms in total. The third kappa shape index (κ3) is 5.44. The molecular weight excluding hydrogens is 439 g/mol. The number of ether oxygens (including phenoxy) is 1. The summed E-state index contributed by atoms with van der Waals surface area (Å²) in [4.78, 5) is 12.1. The highest BCUT2D eigenvalue weighted by atomic mass is 32.2. The summed E-state index contributed by atoms with van der Waals surface area (Å²) >= 11 is 1.16. The summed E-state index contributed by atoms with van der Waals surface area (Å²) in [6.45, 7) is 13.8. The van der Waals surface area contributed by atoms with E-state index in [0.717, 1.165) is 16.1 Å². The fourth-order valence-electron chi connectivity index (χ4n) is 3.44. The van der Waals surface area contributed by atoms with Crippen LogP contribution in [0, 0.1) is 0 Å². The van der Waals surface area contributed by atoms with E-state index in [1.54, 1.807) is 32.9 Å². The molecule has 0 aromatic carbocycles. The standard InChI is InChI=1S/C20H33BN2O6S2/c1-18(2,3)27-17(24)22-14-9-8-12-23(13-14)31(25,26)16-11-10-15(30-16)21-28-19(4,5)20(6,7)29-21/h10-11,14H,8-9,12-13H2,1-7H3,(H,22,24)/t14-/m1/s1. The first kappa shape index (κ1) is 24.5. The lowest BCUT2D eigenvalue weighted by atomic mass is 9.88. The van der Waals surface area contributed by atoms with Crippen molar-refractivity contribution in [2.24, 2.45) is 0 Å². The largest absolute Gasteiger partial charge is 0.505 e. The Labute approximate surface area is 189 Å². The van der Waals surface area contributed by atoms with Crippen LogP contribution >= 0.6 is 11.3 Å². The maximum Gasteiger partial charge on any atom is 0.505 e. The van der Waals surface area contributed by atoms with Crippen LogP contribution in [0.5, 0.6) is 0 Å². The van der Waals surface area contributed by atoms with Crippen LogP contribution in [0.4, 0.5) is 4.79 Å². The molecule has 174 valence electrons. The predicted molar refractivity (Wildman–Crippen MR) is 121 cm³/mol. The highest BCUT2D eigenvalue weighted by Crippen LogP contribution is 2.37. The second-order valence-corrected chi connectivity index (χ2v) is 13.4. The fraction of sp³-hybridized carbons (Fsp3) is 0.750. The molecule has 0 aliphatic carbocycles. The number of nitrogens with zero attached hydrogens (tertiary/aromatic N) is 1. The van der Waals surface area contributed by atoms with E-state index < -0.39 is 40.0 Å². The maximum atomic E-state index is 13.2. The van der Waals surface area contributed by atoms with E-state index in [9.17, 15) is 13.2 Å². The first-order valence-corrected chi connectivity index (χ1v) is 12.8. The van der Waals surface area contributed by atoms with Gasteiger partial charge in [0.25, 0.3) is 10.0 Å². The smallest absolute Gasteiger partial charge is 0.444 e.